The first-order valence-corrected chi connectivity index (χ1v) is 13.0. The van der Waals surface area contributed by atoms with Crippen molar-refractivity contribution in [3.63, 3.8) is 0 Å². The van der Waals surface area contributed by atoms with E-state index in [1.807, 2.05) is 42.5 Å². The zero-order valence-corrected chi connectivity index (χ0v) is 21.1. The minimum atomic E-state index is -3.71. The van der Waals surface area contributed by atoms with Gasteiger partial charge in [-0.05, 0) is 54.2 Å². The molecule has 1 heterocycles. The molecule has 3 rings (SSSR count). The third-order valence-electron chi connectivity index (χ3n) is 5.55. The molecule has 8 nitrogen and oxygen atoms in total. The van der Waals surface area contributed by atoms with Crippen molar-refractivity contribution < 1.29 is 27.8 Å². The van der Waals surface area contributed by atoms with Gasteiger partial charge in [0, 0.05) is 37.0 Å². The number of carbonyl (C=O) groups is 1. The fourth-order valence-electron chi connectivity index (χ4n) is 3.67. The summed E-state index contributed by atoms with van der Waals surface area (Å²) in [5.41, 5.74) is 3.88. The van der Waals surface area contributed by atoms with E-state index in [-0.39, 0.29) is 17.9 Å². The van der Waals surface area contributed by atoms with Gasteiger partial charge in [0.05, 0.1) is 19.1 Å². The van der Waals surface area contributed by atoms with E-state index in [4.69, 9.17) is 14.6 Å². The number of carboxylic acids is 1. The average molecular weight is 511 g/mol. The van der Waals surface area contributed by atoms with Crippen LogP contribution in [0.5, 0.6) is 11.5 Å². The van der Waals surface area contributed by atoms with Gasteiger partial charge in [0.2, 0.25) is 10.0 Å². The topological polar surface area (TPSA) is 115 Å². The molecule has 0 atom stereocenters. The second-order valence-electron chi connectivity index (χ2n) is 8.01. The Labute approximate surface area is 211 Å². The van der Waals surface area contributed by atoms with Gasteiger partial charge in [-0.2, -0.15) is 0 Å². The van der Waals surface area contributed by atoms with Crippen LogP contribution in [0.15, 0.2) is 78.0 Å². The number of carboxylic acid groups (broad SMARTS) is 1. The van der Waals surface area contributed by atoms with E-state index in [0.29, 0.717) is 30.8 Å². The van der Waals surface area contributed by atoms with Crippen molar-refractivity contribution in [2.45, 2.75) is 30.6 Å². The van der Waals surface area contributed by atoms with Gasteiger partial charge in [0.25, 0.3) is 0 Å². The maximum absolute atomic E-state index is 12.7. The number of hydrogen-bond acceptors (Lipinski definition) is 6. The maximum Gasteiger partial charge on any atom is 0.303 e. The number of hydrogen-bond donors (Lipinski definition) is 2. The molecule has 190 valence electrons. The Kier molecular flexibility index (Phi) is 9.61. The standard InChI is InChI=1S/C27H30N2O6S/c1-34-25-14-13-23(18-26(25)35-2)36(32,33)29-17-15-20-9-11-21(12-10-20)24(7-3-4-8-27(30)31)22-6-5-16-28-19-22/h5-7,9-14,16,18-19,29H,3-4,8,15,17H2,1-2H3,(H,30,31). The Hall–Kier alpha value is -3.69. The first-order valence-electron chi connectivity index (χ1n) is 11.5. The van der Waals surface area contributed by atoms with Crippen LogP contribution in [0.4, 0.5) is 0 Å². The van der Waals surface area contributed by atoms with Crippen molar-refractivity contribution >= 4 is 21.6 Å². The molecule has 0 aliphatic heterocycles. The Morgan fingerprint density at radius 2 is 1.78 bits per heavy atom. The molecule has 0 spiro atoms. The van der Waals surface area contributed by atoms with E-state index in [9.17, 15) is 13.2 Å². The fraction of sp³-hybridized carbons (Fsp3) is 0.259. The highest BCUT2D eigenvalue weighted by atomic mass is 32.2. The Balaban J connectivity index is 1.66. The number of benzene rings is 2. The molecule has 2 N–H and O–H groups in total. The molecule has 0 radical (unpaired) electrons. The second-order valence-corrected chi connectivity index (χ2v) is 9.77. The molecule has 0 bridgehead atoms. The molecular weight excluding hydrogens is 480 g/mol. The molecule has 3 aromatic rings. The van der Waals surface area contributed by atoms with Crippen LogP contribution in [0.2, 0.25) is 0 Å². The predicted octanol–water partition coefficient (Wildman–Crippen LogP) is 4.31. The number of rotatable bonds is 13. The van der Waals surface area contributed by atoms with E-state index in [2.05, 4.69) is 9.71 Å². The molecule has 0 amide bonds. The van der Waals surface area contributed by atoms with Gasteiger partial charge in [-0.25, -0.2) is 13.1 Å². The summed E-state index contributed by atoms with van der Waals surface area (Å²) in [6.07, 6.45) is 7.34. The monoisotopic (exact) mass is 510 g/mol. The van der Waals surface area contributed by atoms with Crippen LogP contribution in [0.25, 0.3) is 5.57 Å². The lowest BCUT2D eigenvalue weighted by Gasteiger charge is -2.12. The first kappa shape index (κ1) is 26.9. The zero-order valence-electron chi connectivity index (χ0n) is 20.3. The van der Waals surface area contributed by atoms with Gasteiger partial charge in [0.1, 0.15) is 0 Å². The number of methoxy groups -OCH3 is 2. The fourth-order valence-corrected chi connectivity index (χ4v) is 4.72. The van der Waals surface area contributed by atoms with Crippen LogP contribution >= 0.6 is 0 Å². The van der Waals surface area contributed by atoms with Crippen molar-refractivity contribution in [2.75, 3.05) is 20.8 Å². The summed E-state index contributed by atoms with van der Waals surface area (Å²) < 4.78 is 38.4. The van der Waals surface area contributed by atoms with E-state index in [1.54, 1.807) is 18.5 Å². The zero-order chi connectivity index (χ0) is 26.0. The number of nitrogens with zero attached hydrogens (tertiary/aromatic N) is 1. The highest BCUT2D eigenvalue weighted by Gasteiger charge is 2.16. The van der Waals surface area contributed by atoms with Crippen molar-refractivity contribution in [1.29, 1.82) is 0 Å². The second kappa shape index (κ2) is 12.9. The summed E-state index contributed by atoms with van der Waals surface area (Å²) in [4.78, 5) is 15.1. The largest absolute Gasteiger partial charge is 0.493 e. The molecule has 0 saturated heterocycles. The summed E-state index contributed by atoms with van der Waals surface area (Å²) in [5, 5.41) is 8.89. The van der Waals surface area contributed by atoms with Crippen LogP contribution in [-0.2, 0) is 21.2 Å². The number of pyridine rings is 1. The number of unbranched alkanes of at least 4 members (excludes halogenated alkanes) is 1. The highest BCUT2D eigenvalue weighted by molar-refractivity contribution is 7.89. The van der Waals surface area contributed by atoms with Crippen molar-refractivity contribution in [3.8, 4) is 11.5 Å². The van der Waals surface area contributed by atoms with E-state index in [0.717, 1.165) is 22.3 Å². The lowest BCUT2D eigenvalue weighted by atomic mass is 9.96. The summed E-state index contributed by atoms with van der Waals surface area (Å²) in [6, 6.07) is 16.2. The van der Waals surface area contributed by atoms with Gasteiger partial charge in [0.15, 0.2) is 11.5 Å². The molecule has 1 aromatic heterocycles. The minimum absolute atomic E-state index is 0.102. The molecule has 9 heteroatoms. The molecule has 0 aliphatic rings. The van der Waals surface area contributed by atoms with Gasteiger partial charge >= 0.3 is 5.97 Å². The minimum Gasteiger partial charge on any atom is -0.493 e. The number of ether oxygens (including phenoxy) is 2. The number of allylic oxidation sites excluding steroid dienone is 1. The quantitative estimate of drug-likeness (QED) is 0.329. The summed E-state index contributed by atoms with van der Waals surface area (Å²) in [7, 11) is -0.763. The number of sulfonamides is 1. The van der Waals surface area contributed by atoms with E-state index < -0.39 is 16.0 Å². The van der Waals surface area contributed by atoms with Crippen LogP contribution in [0, 0.1) is 0 Å². The summed E-state index contributed by atoms with van der Waals surface area (Å²) in [6.45, 7) is 0.233. The smallest absolute Gasteiger partial charge is 0.303 e. The van der Waals surface area contributed by atoms with Crippen molar-refractivity contribution in [2.24, 2.45) is 0 Å². The van der Waals surface area contributed by atoms with E-state index in [1.165, 1.54) is 26.4 Å². The third kappa shape index (κ3) is 7.40. The first-order chi connectivity index (χ1) is 17.3. The van der Waals surface area contributed by atoms with Crippen LogP contribution in [0.1, 0.15) is 36.0 Å². The van der Waals surface area contributed by atoms with Crippen LogP contribution < -0.4 is 14.2 Å². The lowest BCUT2D eigenvalue weighted by Crippen LogP contribution is -2.26. The molecule has 2 aromatic carbocycles. The van der Waals surface area contributed by atoms with Crippen molar-refractivity contribution in [1.82, 2.24) is 9.71 Å². The molecule has 0 aliphatic carbocycles. The average Bonchev–Trinajstić information content (AvgIpc) is 2.89. The SMILES string of the molecule is COc1ccc(S(=O)(=O)NCCc2ccc(C(=CCCCC(=O)O)c3cccnc3)cc2)cc1OC. The van der Waals surface area contributed by atoms with Gasteiger partial charge in [-0.1, -0.05) is 36.4 Å². The molecule has 0 fully saturated rings. The molecule has 36 heavy (non-hydrogen) atoms. The molecular formula is C27H30N2O6S. The Morgan fingerprint density at radius 3 is 2.42 bits per heavy atom. The van der Waals surface area contributed by atoms with Crippen LogP contribution in [0.3, 0.4) is 0 Å². The normalized spacial score (nSPS) is 11.8. The third-order valence-corrected chi connectivity index (χ3v) is 7.01. The van der Waals surface area contributed by atoms with Gasteiger partial charge in [-0.3, -0.25) is 9.78 Å². The van der Waals surface area contributed by atoms with Gasteiger partial charge in [-0.15, -0.1) is 0 Å². The summed E-state index contributed by atoms with van der Waals surface area (Å²) >= 11 is 0. The highest BCUT2D eigenvalue weighted by Crippen LogP contribution is 2.29. The van der Waals surface area contributed by atoms with E-state index >= 15 is 0 Å². The Morgan fingerprint density at radius 1 is 1.03 bits per heavy atom. The maximum atomic E-state index is 12.7. The number of aromatic nitrogens is 1. The molecule has 0 saturated carbocycles. The van der Waals surface area contributed by atoms with Crippen molar-refractivity contribution in [3.05, 3.63) is 89.8 Å². The number of aliphatic carboxylic acids is 1. The van der Waals surface area contributed by atoms with Gasteiger partial charge < -0.3 is 14.6 Å². The van der Waals surface area contributed by atoms with Crippen LogP contribution in [-0.4, -0.2) is 45.2 Å². The molecule has 0 unspecified atom stereocenters. The lowest BCUT2D eigenvalue weighted by molar-refractivity contribution is -0.137. The summed E-state index contributed by atoms with van der Waals surface area (Å²) in [5.74, 6) is -0.00744. The Bertz CT molecular complexity index is 1290. The number of nitrogens with one attached hydrogen (secondary N) is 1. The predicted molar refractivity (Wildman–Crippen MR) is 138 cm³/mol.